The number of rotatable bonds is 1. The van der Waals surface area contributed by atoms with Gasteiger partial charge in [-0.2, -0.15) is 0 Å². The summed E-state index contributed by atoms with van der Waals surface area (Å²) in [7, 11) is 0. The molecule has 1 saturated heterocycles. The van der Waals surface area contributed by atoms with Crippen LogP contribution in [0.3, 0.4) is 0 Å². The molecule has 0 spiro atoms. The van der Waals surface area contributed by atoms with E-state index in [1.807, 2.05) is 25.1 Å². The number of benzene rings is 1. The largest absolute Gasteiger partial charge is 0.354 e. The Morgan fingerprint density at radius 3 is 2.94 bits per heavy atom. The highest BCUT2D eigenvalue weighted by molar-refractivity contribution is 9.10. The van der Waals surface area contributed by atoms with Crippen LogP contribution in [-0.2, 0) is 4.79 Å². The molecule has 2 rings (SSSR count). The molecule has 18 heavy (non-hydrogen) atoms. The van der Waals surface area contributed by atoms with Crippen molar-refractivity contribution in [2.24, 2.45) is 0 Å². The zero-order valence-corrected chi connectivity index (χ0v) is 11.8. The summed E-state index contributed by atoms with van der Waals surface area (Å²) in [6, 6.07) is 5.59. The van der Waals surface area contributed by atoms with Crippen LogP contribution in [0, 0.1) is 6.92 Å². The van der Waals surface area contributed by atoms with E-state index in [4.69, 9.17) is 0 Å². The van der Waals surface area contributed by atoms with Crippen molar-refractivity contribution in [3.8, 4) is 0 Å². The van der Waals surface area contributed by atoms with Crippen LogP contribution in [0.25, 0.3) is 0 Å². The molecule has 0 saturated carbocycles. The van der Waals surface area contributed by atoms with Gasteiger partial charge in [0.2, 0.25) is 5.91 Å². The Balaban J connectivity index is 2.20. The number of carbonyl (C=O) groups excluding carboxylic acids is 2. The Morgan fingerprint density at radius 2 is 2.17 bits per heavy atom. The summed E-state index contributed by atoms with van der Waals surface area (Å²) in [4.78, 5) is 25.4. The first-order chi connectivity index (χ1) is 8.59. The SMILES string of the molecule is Cc1c(Br)cccc1C(=O)N1CCNC(=O)CC1. The van der Waals surface area contributed by atoms with Gasteiger partial charge in [-0.05, 0) is 24.6 Å². The Hall–Kier alpha value is -1.36. The van der Waals surface area contributed by atoms with Crippen molar-refractivity contribution in [1.29, 1.82) is 0 Å². The zero-order chi connectivity index (χ0) is 13.1. The van der Waals surface area contributed by atoms with Crippen LogP contribution in [0.15, 0.2) is 22.7 Å². The lowest BCUT2D eigenvalue weighted by Crippen LogP contribution is -2.34. The second-order valence-corrected chi connectivity index (χ2v) is 5.16. The number of nitrogens with zero attached hydrogens (tertiary/aromatic N) is 1. The van der Waals surface area contributed by atoms with Gasteiger partial charge < -0.3 is 10.2 Å². The maximum Gasteiger partial charge on any atom is 0.254 e. The second kappa shape index (κ2) is 5.52. The van der Waals surface area contributed by atoms with Crippen LogP contribution in [0.5, 0.6) is 0 Å². The highest BCUT2D eigenvalue weighted by atomic mass is 79.9. The lowest BCUT2D eigenvalue weighted by Gasteiger charge is -2.20. The summed E-state index contributed by atoms with van der Waals surface area (Å²) < 4.78 is 0.928. The van der Waals surface area contributed by atoms with E-state index in [1.165, 1.54) is 0 Å². The van der Waals surface area contributed by atoms with E-state index >= 15 is 0 Å². The fraction of sp³-hybridized carbons (Fsp3) is 0.385. The predicted octanol–water partition coefficient (Wildman–Crippen LogP) is 1.72. The number of halogens is 1. The van der Waals surface area contributed by atoms with E-state index in [0.717, 1.165) is 10.0 Å². The van der Waals surface area contributed by atoms with Crippen LogP contribution >= 0.6 is 15.9 Å². The first-order valence-electron chi connectivity index (χ1n) is 5.90. The van der Waals surface area contributed by atoms with Crippen LogP contribution < -0.4 is 5.32 Å². The summed E-state index contributed by atoms with van der Waals surface area (Å²) in [5, 5.41) is 2.76. The highest BCUT2D eigenvalue weighted by Crippen LogP contribution is 2.21. The van der Waals surface area contributed by atoms with Gasteiger partial charge in [-0.15, -0.1) is 0 Å². The molecule has 0 unspecified atom stereocenters. The summed E-state index contributed by atoms with van der Waals surface area (Å²) in [5.74, 6) is 0.00145. The minimum Gasteiger partial charge on any atom is -0.354 e. The minimum atomic E-state index is -0.00898. The van der Waals surface area contributed by atoms with Gasteiger partial charge in [0.25, 0.3) is 5.91 Å². The number of hydrogen-bond donors (Lipinski definition) is 1. The number of hydrogen-bond acceptors (Lipinski definition) is 2. The topological polar surface area (TPSA) is 49.4 Å². The first kappa shape index (κ1) is 13.1. The van der Waals surface area contributed by atoms with E-state index in [2.05, 4.69) is 21.2 Å². The maximum atomic E-state index is 12.4. The molecule has 0 radical (unpaired) electrons. The molecule has 0 aromatic heterocycles. The van der Waals surface area contributed by atoms with E-state index in [0.29, 0.717) is 31.6 Å². The van der Waals surface area contributed by atoms with Crippen LogP contribution in [-0.4, -0.2) is 36.3 Å². The number of amides is 2. The smallest absolute Gasteiger partial charge is 0.254 e. The first-order valence-corrected chi connectivity index (χ1v) is 6.70. The van der Waals surface area contributed by atoms with Gasteiger partial charge >= 0.3 is 0 Å². The number of nitrogens with one attached hydrogen (secondary N) is 1. The molecule has 1 aliphatic heterocycles. The van der Waals surface area contributed by atoms with E-state index in [9.17, 15) is 9.59 Å². The summed E-state index contributed by atoms with van der Waals surface area (Å²) in [6.45, 7) is 3.49. The van der Waals surface area contributed by atoms with Crippen molar-refractivity contribution in [3.63, 3.8) is 0 Å². The van der Waals surface area contributed by atoms with Crippen molar-refractivity contribution in [3.05, 3.63) is 33.8 Å². The summed E-state index contributed by atoms with van der Waals surface area (Å²) >= 11 is 3.43. The molecule has 0 atom stereocenters. The zero-order valence-electron chi connectivity index (χ0n) is 10.2. The lowest BCUT2D eigenvalue weighted by molar-refractivity contribution is -0.120. The average molecular weight is 311 g/mol. The van der Waals surface area contributed by atoms with Gasteiger partial charge in [-0.1, -0.05) is 22.0 Å². The van der Waals surface area contributed by atoms with Crippen LogP contribution in [0.2, 0.25) is 0 Å². The molecule has 4 nitrogen and oxygen atoms in total. The quantitative estimate of drug-likeness (QED) is 0.858. The molecule has 1 fully saturated rings. The third kappa shape index (κ3) is 2.72. The molecular formula is C13H15BrN2O2. The average Bonchev–Trinajstić information content (AvgIpc) is 2.57. The van der Waals surface area contributed by atoms with Crippen molar-refractivity contribution in [2.75, 3.05) is 19.6 Å². The third-order valence-electron chi connectivity index (χ3n) is 3.10. The fourth-order valence-corrected chi connectivity index (χ4v) is 2.35. The Morgan fingerprint density at radius 1 is 1.39 bits per heavy atom. The molecule has 0 aliphatic carbocycles. The van der Waals surface area contributed by atoms with Gasteiger partial charge in [-0.3, -0.25) is 9.59 Å². The monoisotopic (exact) mass is 310 g/mol. The number of carbonyl (C=O) groups is 2. The normalized spacial score (nSPS) is 16.1. The van der Waals surface area contributed by atoms with E-state index < -0.39 is 0 Å². The van der Waals surface area contributed by atoms with Crippen LogP contribution in [0.4, 0.5) is 0 Å². The molecule has 1 aromatic rings. The standard InChI is InChI=1S/C13H15BrN2O2/c1-9-10(3-2-4-11(9)14)13(18)16-7-5-12(17)15-6-8-16/h2-4H,5-8H2,1H3,(H,15,17). The molecule has 1 aliphatic rings. The van der Waals surface area contributed by atoms with Crippen molar-refractivity contribution in [1.82, 2.24) is 10.2 Å². The van der Waals surface area contributed by atoms with Gasteiger partial charge in [-0.25, -0.2) is 0 Å². The predicted molar refractivity (Wildman–Crippen MR) is 72.4 cm³/mol. The molecular weight excluding hydrogens is 296 g/mol. The maximum absolute atomic E-state index is 12.4. The lowest BCUT2D eigenvalue weighted by atomic mass is 10.1. The molecule has 1 N–H and O–H groups in total. The third-order valence-corrected chi connectivity index (χ3v) is 3.96. The minimum absolute atomic E-state index is 0.00898. The Bertz CT molecular complexity index is 488. The molecule has 1 aromatic carbocycles. The fourth-order valence-electron chi connectivity index (χ4n) is 1.98. The molecule has 96 valence electrons. The molecule has 1 heterocycles. The molecule has 2 amide bonds. The van der Waals surface area contributed by atoms with E-state index in [-0.39, 0.29) is 11.8 Å². The van der Waals surface area contributed by atoms with E-state index in [1.54, 1.807) is 4.90 Å². The van der Waals surface area contributed by atoms with Crippen molar-refractivity contribution < 1.29 is 9.59 Å². The van der Waals surface area contributed by atoms with Crippen molar-refractivity contribution in [2.45, 2.75) is 13.3 Å². The summed E-state index contributed by atoms with van der Waals surface area (Å²) in [5.41, 5.74) is 1.63. The second-order valence-electron chi connectivity index (χ2n) is 4.30. The van der Waals surface area contributed by atoms with Crippen molar-refractivity contribution >= 4 is 27.7 Å². The molecule has 0 bridgehead atoms. The van der Waals surface area contributed by atoms with Gasteiger partial charge in [0.05, 0.1) is 0 Å². The summed E-state index contributed by atoms with van der Waals surface area (Å²) in [6.07, 6.45) is 0.374. The van der Waals surface area contributed by atoms with Gasteiger partial charge in [0.15, 0.2) is 0 Å². The highest BCUT2D eigenvalue weighted by Gasteiger charge is 2.21. The van der Waals surface area contributed by atoms with Gasteiger partial charge in [0, 0.05) is 36.1 Å². The Labute approximate surface area is 114 Å². The van der Waals surface area contributed by atoms with Gasteiger partial charge in [0.1, 0.15) is 0 Å². The Kier molecular flexibility index (Phi) is 4.01. The van der Waals surface area contributed by atoms with Crippen LogP contribution in [0.1, 0.15) is 22.3 Å². The molecule has 5 heteroatoms.